The number of amides is 2. The maximum atomic E-state index is 13.5. The lowest BCUT2D eigenvalue weighted by Crippen LogP contribution is -2.45. The molecule has 7 nitrogen and oxygen atoms in total. The summed E-state index contributed by atoms with van der Waals surface area (Å²) in [6.45, 7) is 0.648. The molecule has 0 bridgehead atoms. The highest BCUT2D eigenvalue weighted by Crippen LogP contribution is 2.23. The van der Waals surface area contributed by atoms with Crippen LogP contribution in [-0.4, -0.2) is 65.4 Å². The minimum atomic E-state index is -0.531. The summed E-state index contributed by atoms with van der Waals surface area (Å²) in [5.41, 5.74) is 2.28. The van der Waals surface area contributed by atoms with Gasteiger partial charge in [-0.25, -0.2) is 0 Å². The van der Waals surface area contributed by atoms with E-state index >= 15 is 0 Å². The molecule has 4 rings (SSSR count). The predicted octanol–water partition coefficient (Wildman–Crippen LogP) is 4.54. The van der Waals surface area contributed by atoms with Crippen LogP contribution in [0.2, 0.25) is 0 Å². The SMILES string of the molecule is O=C1N[C@@H](CSCc2ccccc2)COC(=O)[C@@H](Cc2ccccc2)CCC=CC[C@@H]1CC(=O)N1CCC[C@H]1CO. The summed E-state index contributed by atoms with van der Waals surface area (Å²) in [5, 5.41) is 12.8. The molecule has 41 heavy (non-hydrogen) atoms. The number of aliphatic hydroxyl groups excluding tert-OH is 1. The van der Waals surface area contributed by atoms with Gasteiger partial charge >= 0.3 is 5.97 Å². The number of allylic oxidation sites excluding steroid dienone is 2. The van der Waals surface area contributed by atoms with Crippen molar-refractivity contribution in [2.75, 3.05) is 25.5 Å². The highest BCUT2D eigenvalue weighted by Gasteiger charge is 2.32. The number of nitrogens with zero attached hydrogens (tertiary/aromatic N) is 1. The smallest absolute Gasteiger partial charge is 0.309 e. The summed E-state index contributed by atoms with van der Waals surface area (Å²) in [6.07, 6.45) is 8.09. The Morgan fingerprint density at radius 3 is 2.44 bits per heavy atom. The second-order valence-electron chi connectivity index (χ2n) is 11.0. The molecule has 0 unspecified atom stereocenters. The second-order valence-corrected chi connectivity index (χ2v) is 12.0. The van der Waals surface area contributed by atoms with Gasteiger partial charge in [0, 0.05) is 24.5 Å². The van der Waals surface area contributed by atoms with Crippen molar-refractivity contribution in [3.8, 4) is 0 Å². The molecule has 0 aliphatic carbocycles. The normalized spacial score (nSPS) is 24.1. The first kappa shape index (κ1) is 30.8. The van der Waals surface area contributed by atoms with Crippen LogP contribution >= 0.6 is 11.8 Å². The molecule has 0 aromatic heterocycles. The Hall–Kier alpha value is -3.10. The minimum Gasteiger partial charge on any atom is -0.463 e. The van der Waals surface area contributed by atoms with Crippen LogP contribution < -0.4 is 5.32 Å². The summed E-state index contributed by atoms with van der Waals surface area (Å²) in [5.74, 6) is 0.000404. The number of likely N-dealkylation sites (tertiary alicyclic amines) is 1. The third-order valence-electron chi connectivity index (χ3n) is 7.83. The number of hydrogen-bond donors (Lipinski definition) is 2. The molecule has 2 aliphatic rings. The Kier molecular flexibility index (Phi) is 12.3. The average Bonchev–Trinajstić information content (AvgIpc) is 3.48. The van der Waals surface area contributed by atoms with Gasteiger partial charge in [-0.05, 0) is 49.7 Å². The van der Waals surface area contributed by atoms with Gasteiger partial charge in [0.2, 0.25) is 11.8 Å². The van der Waals surface area contributed by atoms with Gasteiger partial charge < -0.3 is 20.1 Å². The first-order chi connectivity index (χ1) is 20.0. The zero-order chi connectivity index (χ0) is 28.9. The molecule has 1 fully saturated rings. The maximum Gasteiger partial charge on any atom is 0.309 e. The van der Waals surface area contributed by atoms with Crippen molar-refractivity contribution in [2.24, 2.45) is 11.8 Å². The molecule has 2 heterocycles. The summed E-state index contributed by atoms with van der Waals surface area (Å²) < 4.78 is 5.84. The lowest BCUT2D eigenvalue weighted by Gasteiger charge is -2.26. The third-order valence-corrected chi connectivity index (χ3v) is 9.01. The first-order valence-corrected chi connectivity index (χ1v) is 15.9. The van der Waals surface area contributed by atoms with Crippen molar-refractivity contribution >= 4 is 29.5 Å². The highest BCUT2D eigenvalue weighted by molar-refractivity contribution is 7.98. The van der Waals surface area contributed by atoms with Crippen molar-refractivity contribution < 1.29 is 24.2 Å². The van der Waals surface area contributed by atoms with E-state index in [1.54, 1.807) is 16.7 Å². The molecule has 2 aromatic rings. The van der Waals surface area contributed by atoms with Gasteiger partial charge in [0.05, 0.1) is 30.5 Å². The van der Waals surface area contributed by atoms with Gasteiger partial charge in [-0.15, -0.1) is 0 Å². The molecular weight excluding hydrogens is 536 g/mol. The van der Waals surface area contributed by atoms with Crippen LogP contribution in [-0.2, 0) is 31.3 Å². The number of hydrogen-bond acceptors (Lipinski definition) is 6. The van der Waals surface area contributed by atoms with E-state index < -0.39 is 5.92 Å². The molecule has 0 saturated carbocycles. The molecule has 2 aromatic carbocycles. The molecule has 1 saturated heterocycles. The van der Waals surface area contributed by atoms with Gasteiger partial charge in [-0.3, -0.25) is 14.4 Å². The van der Waals surface area contributed by atoms with Crippen molar-refractivity contribution in [2.45, 2.75) is 62.8 Å². The molecule has 8 heteroatoms. The van der Waals surface area contributed by atoms with Crippen LogP contribution in [0.25, 0.3) is 0 Å². The Labute approximate surface area is 247 Å². The van der Waals surface area contributed by atoms with Gasteiger partial charge in [0.25, 0.3) is 0 Å². The van der Waals surface area contributed by atoms with Gasteiger partial charge in [0.15, 0.2) is 0 Å². The summed E-state index contributed by atoms with van der Waals surface area (Å²) in [6, 6.07) is 19.5. The number of esters is 1. The number of rotatable bonds is 9. The first-order valence-electron chi connectivity index (χ1n) is 14.7. The lowest BCUT2D eigenvalue weighted by molar-refractivity contribution is -0.150. The Morgan fingerprint density at radius 1 is 0.976 bits per heavy atom. The molecular formula is C33H42N2O5S. The van der Waals surface area contributed by atoms with Crippen LogP contribution in [0, 0.1) is 11.8 Å². The molecule has 2 amide bonds. The van der Waals surface area contributed by atoms with Crippen molar-refractivity contribution in [3.63, 3.8) is 0 Å². The summed E-state index contributed by atoms with van der Waals surface area (Å²) in [4.78, 5) is 41.6. The molecule has 2 aliphatic heterocycles. The van der Waals surface area contributed by atoms with E-state index in [0.29, 0.717) is 38.0 Å². The topological polar surface area (TPSA) is 95.9 Å². The molecule has 0 radical (unpaired) electrons. The van der Waals surface area contributed by atoms with Crippen LogP contribution in [0.1, 0.15) is 49.7 Å². The van der Waals surface area contributed by atoms with Gasteiger partial charge in [-0.2, -0.15) is 11.8 Å². The van der Waals surface area contributed by atoms with Gasteiger partial charge in [-0.1, -0.05) is 72.8 Å². The fourth-order valence-electron chi connectivity index (χ4n) is 5.49. The zero-order valence-electron chi connectivity index (χ0n) is 23.7. The standard InChI is InChI=1S/C33H42N2O5S/c36-21-30-17-10-18-35(30)31(37)20-27-15-8-3-9-16-28(19-25-11-4-1-5-12-25)33(39)40-22-29(34-32(27)38)24-41-23-26-13-6-2-7-14-26/h1-8,11-14,27-30,36H,9-10,15-24H2,(H,34,38)/t27-,28-,29-,30+/m1/s1. The number of nitrogens with one attached hydrogen (secondary N) is 1. The maximum absolute atomic E-state index is 13.5. The lowest BCUT2D eigenvalue weighted by atomic mass is 9.94. The largest absolute Gasteiger partial charge is 0.463 e. The molecule has 4 atom stereocenters. The Balaban J connectivity index is 1.46. The number of benzene rings is 2. The van der Waals surface area contributed by atoms with E-state index in [1.807, 2.05) is 60.7 Å². The monoisotopic (exact) mass is 578 g/mol. The van der Waals surface area contributed by atoms with Gasteiger partial charge in [0.1, 0.15) is 6.61 Å². The van der Waals surface area contributed by atoms with E-state index in [4.69, 9.17) is 4.74 Å². The van der Waals surface area contributed by atoms with E-state index in [9.17, 15) is 19.5 Å². The fraction of sp³-hybridized carbons (Fsp3) is 0.485. The quantitative estimate of drug-likeness (QED) is 0.335. The highest BCUT2D eigenvalue weighted by atomic mass is 32.2. The summed E-state index contributed by atoms with van der Waals surface area (Å²) in [7, 11) is 0. The summed E-state index contributed by atoms with van der Waals surface area (Å²) >= 11 is 1.68. The van der Waals surface area contributed by atoms with E-state index in [1.165, 1.54) is 5.56 Å². The van der Waals surface area contributed by atoms with Crippen LogP contribution in [0.4, 0.5) is 0 Å². The Bertz CT molecular complexity index is 1140. The predicted molar refractivity (Wildman–Crippen MR) is 162 cm³/mol. The van der Waals surface area contributed by atoms with Crippen LogP contribution in [0.3, 0.4) is 0 Å². The molecule has 0 spiro atoms. The van der Waals surface area contributed by atoms with E-state index in [-0.39, 0.29) is 55.4 Å². The fourth-order valence-corrected chi connectivity index (χ4v) is 6.50. The average molecular weight is 579 g/mol. The number of ether oxygens (including phenoxy) is 1. The van der Waals surface area contributed by atoms with Crippen molar-refractivity contribution in [1.82, 2.24) is 10.2 Å². The Morgan fingerprint density at radius 2 is 1.71 bits per heavy atom. The number of carbonyl (C=O) groups excluding carboxylic acids is 3. The van der Waals surface area contributed by atoms with Crippen molar-refractivity contribution in [3.05, 3.63) is 83.9 Å². The van der Waals surface area contributed by atoms with Crippen LogP contribution in [0.15, 0.2) is 72.8 Å². The number of thioether (sulfide) groups is 1. The number of carbonyl (C=O) groups is 3. The van der Waals surface area contributed by atoms with Crippen molar-refractivity contribution in [1.29, 1.82) is 0 Å². The van der Waals surface area contributed by atoms with Crippen LogP contribution in [0.5, 0.6) is 0 Å². The molecule has 220 valence electrons. The minimum absolute atomic E-state index is 0.0568. The van der Waals surface area contributed by atoms with E-state index in [2.05, 4.69) is 17.4 Å². The zero-order valence-corrected chi connectivity index (χ0v) is 24.5. The number of cyclic esters (lactones) is 1. The second kappa shape index (κ2) is 16.4. The third kappa shape index (κ3) is 9.75. The van der Waals surface area contributed by atoms with E-state index in [0.717, 1.165) is 24.2 Å². The number of aliphatic hydroxyl groups is 1. The molecule has 2 N–H and O–H groups in total.